The summed E-state index contributed by atoms with van der Waals surface area (Å²) in [7, 11) is 0. The summed E-state index contributed by atoms with van der Waals surface area (Å²) in [6.07, 6.45) is 9.52. The monoisotopic (exact) mass is 270 g/mol. The molecule has 1 aliphatic heterocycles. The molecule has 0 bridgehead atoms. The van der Waals surface area contributed by atoms with Crippen LogP contribution in [0.1, 0.15) is 48.8 Å². The van der Waals surface area contributed by atoms with Gasteiger partial charge in [-0.15, -0.1) is 0 Å². The number of benzene rings is 1. The quantitative estimate of drug-likeness (QED) is 0.885. The van der Waals surface area contributed by atoms with Crippen molar-refractivity contribution >= 4 is 0 Å². The third-order valence-electron chi connectivity index (χ3n) is 5.27. The van der Waals surface area contributed by atoms with Crippen molar-refractivity contribution < 1.29 is 0 Å². The summed E-state index contributed by atoms with van der Waals surface area (Å²) >= 11 is 0. The molecule has 4 rings (SSSR count). The van der Waals surface area contributed by atoms with Gasteiger partial charge in [0.05, 0.1) is 0 Å². The van der Waals surface area contributed by atoms with Crippen LogP contribution in [0.4, 0.5) is 0 Å². The molecule has 1 atom stereocenters. The van der Waals surface area contributed by atoms with E-state index in [9.17, 15) is 0 Å². The highest BCUT2D eigenvalue weighted by molar-refractivity contribution is 5.35. The highest BCUT2D eigenvalue weighted by Gasteiger charge is 2.27. The number of aryl methyl sites for hydroxylation is 2. The molecule has 2 aliphatic carbocycles. The van der Waals surface area contributed by atoms with Gasteiger partial charge in [-0.3, -0.25) is 4.90 Å². The largest absolute Gasteiger partial charge is 0.312 e. The summed E-state index contributed by atoms with van der Waals surface area (Å²) in [6, 6.07) is 8.84. The maximum absolute atomic E-state index is 3.71. The highest BCUT2D eigenvalue weighted by atomic mass is 15.2. The van der Waals surface area contributed by atoms with Crippen molar-refractivity contribution in [3.8, 4) is 0 Å². The van der Waals surface area contributed by atoms with E-state index in [-0.39, 0.29) is 0 Å². The maximum atomic E-state index is 3.71. The molecule has 1 aromatic rings. The minimum Gasteiger partial charge on any atom is -0.312 e. The predicted octanol–water partition coefficient (Wildman–Crippen LogP) is 2.89. The summed E-state index contributed by atoms with van der Waals surface area (Å²) < 4.78 is 0. The molecular formula is C18H26N2. The normalized spacial score (nSPS) is 26.1. The molecule has 20 heavy (non-hydrogen) atoms. The second-order valence-corrected chi connectivity index (χ2v) is 6.91. The van der Waals surface area contributed by atoms with Crippen LogP contribution in [0.2, 0.25) is 0 Å². The highest BCUT2D eigenvalue weighted by Crippen LogP contribution is 2.26. The van der Waals surface area contributed by atoms with E-state index in [0.29, 0.717) is 0 Å². The van der Waals surface area contributed by atoms with E-state index in [1.54, 1.807) is 11.1 Å². The van der Waals surface area contributed by atoms with Crippen LogP contribution in [0.15, 0.2) is 18.2 Å². The Morgan fingerprint density at radius 3 is 2.85 bits per heavy atom. The molecule has 1 unspecified atom stereocenters. The van der Waals surface area contributed by atoms with Crippen molar-refractivity contribution in [3.05, 3.63) is 34.9 Å². The molecule has 1 aromatic carbocycles. The van der Waals surface area contributed by atoms with E-state index < -0.39 is 0 Å². The van der Waals surface area contributed by atoms with Gasteiger partial charge >= 0.3 is 0 Å². The first-order valence-corrected chi connectivity index (χ1v) is 8.46. The van der Waals surface area contributed by atoms with Crippen LogP contribution in [0.3, 0.4) is 0 Å². The predicted molar refractivity (Wildman–Crippen MR) is 82.9 cm³/mol. The first kappa shape index (κ1) is 12.8. The summed E-state index contributed by atoms with van der Waals surface area (Å²) in [5.74, 6) is 0. The molecule has 0 spiro atoms. The SMILES string of the molecule is c1cc2c(cc1CN1CCCC1CNC1CC1)CCC2. The van der Waals surface area contributed by atoms with Crippen molar-refractivity contribution in [2.75, 3.05) is 13.1 Å². The van der Waals surface area contributed by atoms with Crippen molar-refractivity contribution in [2.45, 2.75) is 63.6 Å². The number of likely N-dealkylation sites (tertiary alicyclic amines) is 1. The van der Waals surface area contributed by atoms with Gasteiger partial charge in [-0.1, -0.05) is 18.2 Å². The molecule has 0 radical (unpaired) electrons. The minimum absolute atomic E-state index is 0.767. The van der Waals surface area contributed by atoms with Crippen molar-refractivity contribution in [2.24, 2.45) is 0 Å². The van der Waals surface area contributed by atoms with Gasteiger partial charge in [0.15, 0.2) is 0 Å². The van der Waals surface area contributed by atoms with Crippen LogP contribution in [0.25, 0.3) is 0 Å². The summed E-state index contributed by atoms with van der Waals surface area (Å²) in [4.78, 5) is 2.70. The Bertz CT molecular complexity index is 478. The van der Waals surface area contributed by atoms with E-state index in [0.717, 1.165) is 18.6 Å². The lowest BCUT2D eigenvalue weighted by molar-refractivity contribution is 0.239. The van der Waals surface area contributed by atoms with Crippen LogP contribution in [0.5, 0.6) is 0 Å². The maximum Gasteiger partial charge on any atom is 0.0237 e. The molecule has 1 saturated heterocycles. The average Bonchev–Trinajstić information content (AvgIpc) is 2.99. The van der Waals surface area contributed by atoms with Gasteiger partial charge in [-0.25, -0.2) is 0 Å². The molecule has 1 heterocycles. The Morgan fingerprint density at radius 1 is 1.05 bits per heavy atom. The lowest BCUT2D eigenvalue weighted by Crippen LogP contribution is -2.38. The molecule has 2 fully saturated rings. The smallest absolute Gasteiger partial charge is 0.0237 e. The number of fused-ring (bicyclic) bond motifs is 1. The molecular weight excluding hydrogens is 244 g/mol. The van der Waals surface area contributed by atoms with E-state index >= 15 is 0 Å². The Morgan fingerprint density at radius 2 is 1.95 bits per heavy atom. The van der Waals surface area contributed by atoms with Gasteiger partial charge in [-0.05, 0) is 68.2 Å². The molecule has 0 amide bonds. The fourth-order valence-corrected chi connectivity index (χ4v) is 3.88. The van der Waals surface area contributed by atoms with E-state index in [1.165, 1.54) is 63.6 Å². The summed E-state index contributed by atoms with van der Waals surface area (Å²) in [5.41, 5.74) is 4.75. The van der Waals surface area contributed by atoms with Gasteiger partial charge in [0, 0.05) is 25.2 Å². The fraction of sp³-hybridized carbons (Fsp3) is 0.667. The van der Waals surface area contributed by atoms with E-state index in [1.807, 2.05) is 0 Å². The Balaban J connectivity index is 1.39. The van der Waals surface area contributed by atoms with Gasteiger partial charge in [0.25, 0.3) is 0 Å². The second-order valence-electron chi connectivity index (χ2n) is 6.91. The molecule has 108 valence electrons. The van der Waals surface area contributed by atoms with E-state index in [2.05, 4.69) is 28.4 Å². The molecule has 2 heteroatoms. The number of hydrogen-bond acceptors (Lipinski definition) is 2. The zero-order chi connectivity index (χ0) is 13.4. The molecule has 2 nitrogen and oxygen atoms in total. The van der Waals surface area contributed by atoms with Gasteiger partial charge in [0.1, 0.15) is 0 Å². The van der Waals surface area contributed by atoms with Gasteiger partial charge < -0.3 is 5.32 Å². The average molecular weight is 270 g/mol. The zero-order valence-electron chi connectivity index (χ0n) is 12.4. The minimum atomic E-state index is 0.767. The van der Waals surface area contributed by atoms with Crippen molar-refractivity contribution in [3.63, 3.8) is 0 Å². The summed E-state index contributed by atoms with van der Waals surface area (Å²) in [6.45, 7) is 3.65. The fourth-order valence-electron chi connectivity index (χ4n) is 3.88. The first-order chi connectivity index (χ1) is 9.88. The van der Waals surface area contributed by atoms with Crippen LogP contribution in [-0.2, 0) is 19.4 Å². The standard InChI is InChI=1S/C18H26N2/c1-3-15-7-6-14(11-16(15)4-1)13-20-10-2-5-18(20)12-19-17-8-9-17/h6-7,11,17-19H,1-5,8-10,12-13H2. The molecule has 0 aromatic heterocycles. The van der Waals surface area contributed by atoms with Gasteiger partial charge in [0.2, 0.25) is 0 Å². The van der Waals surface area contributed by atoms with Crippen molar-refractivity contribution in [1.29, 1.82) is 0 Å². The van der Waals surface area contributed by atoms with Crippen LogP contribution in [0, 0.1) is 0 Å². The first-order valence-electron chi connectivity index (χ1n) is 8.46. The topological polar surface area (TPSA) is 15.3 Å². The van der Waals surface area contributed by atoms with Crippen LogP contribution >= 0.6 is 0 Å². The summed E-state index contributed by atoms with van der Waals surface area (Å²) in [5, 5.41) is 3.71. The van der Waals surface area contributed by atoms with Gasteiger partial charge in [-0.2, -0.15) is 0 Å². The Kier molecular flexibility index (Phi) is 3.53. The zero-order valence-corrected chi connectivity index (χ0v) is 12.4. The number of nitrogens with zero attached hydrogens (tertiary/aromatic N) is 1. The lowest BCUT2D eigenvalue weighted by atomic mass is 10.1. The third-order valence-corrected chi connectivity index (χ3v) is 5.27. The number of rotatable bonds is 5. The lowest BCUT2D eigenvalue weighted by Gasteiger charge is -2.25. The second kappa shape index (κ2) is 5.50. The van der Waals surface area contributed by atoms with E-state index in [4.69, 9.17) is 0 Å². The third kappa shape index (κ3) is 2.77. The number of hydrogen-bond donors (Lipinski definition) is 1. The molecule has 1 saturated carbocycles. The Labute approximate surface area is 122 Å². The van der Waals surface area contributed by atoms with Crippen LogP contribution < -0.4 is 5.32 Å². The Hall–Kier alpha value is -0.860. The number of nitrogens with one attached hydrogen (secondary N) is 1. The molecule has 3 aliphatic rings. The molecule has 1 N–H and O–H groups in total. The van der Waals surface area contributed by atoms with Crippen molar-refractivity contribution in [1.82, 2.24) is 10.2 Å². The van der Waals surface area contributed by atoms with Crippen LogP contribution in [-0.4, -0.2) is 30.1 Å².